The molecule has 0 amide bonds. The summed E-state index contributed by atoms with van der Waals surface area (Å²) in [6, 6.07) is 15.4. The second-order valence-corrected chi connectivity index (χ2v) is 7.94. The fraction of sp³-hybridized carbons (Fsp3) is 0.478. The monoisotopic (exact) mass is 351 g/mol. The molecule has 3 nitrogen and oxygen atoms in total. The summed E-state index contributed by atoms with van der Waals surface area (Å²) in [5, 5.41) is 10.5. The summed E-state index contributed by atoms with van der Waals surface area (Å²) in [5.74, 6) is 0.843. The average Bonchev–Trinajstić information content (AvgIpc) is 2.68. The minimum atomic E-state index is 0.116. The van der Waals surface area contributed by atoms with Crippen molar-refractivity contribution in [3.05, 3.63) is 59.2 Å². The van der Waals surface area contributed by atoms with E-state index in [1.165, 1.54) is 48.8 Å². The molecule has 26 heavy (non-hydrogen) atoms. The Kier molecular flexibility index (Phi) is 4.66. The predicted molar refractivity (Wildman–Crippen MR) is 105 cm³/mol. The van der Waals surface area contributed by atoms with Gasteiger partial charge in [0.15, 0.2) is 11.5 Å². The maximum Gasteiger partial charge on any atom is 0.160 e. The van der Waals surface area contributed by atoms with E-state index >= 15 is 0 Å². The summed E-state index contributed by atoms with van der Waals surface area (Å²) in [4.78, 5) is 2.51. The van der Waals surface area contributed by atoms with Crippen molar-refractivity contribution < 1.29 is 9.84 Å². The number of nitrogens with zero attached hydrogens (tertiary/aromatic N) is 1. The van der Waals surface area contributed by atoms with E-state index in [1.807, 2.05) is 12.1 Å². The minimum Gasteiger partial charge on any atom is -0.504 e. The molecule has 1 heterocycles. The minimum absolute atomic E-state index is 0.116. The normalized spacial score (nSPS) is 22.6. The topological polar surface area (TPSA) is 32.7 Å². The summed E-state index contributed by atoms with van der Waals surface area (Å²) in [6.07, 6.45) is 7.29. The maximum atomic E-state index is 10.5. The smallest absolute Gasteiger partial charge is 0.160 e. The van der Waals surface area contributed by atoms with Gasteiger partial charge in [0.25, 0.3) is 0 Å². The Morgan fingerprint density at radius 2 is 1.81 bits per heavy atom. The number of fused-ring (bicyclic) bond motifs is 1. The van der Waals surface area contributed by atoms with Crippen LogP contribution in [0.4, 0.5) is 0 Å². The molecule has 1 atom stereocenters. The van der Waals surface area contributed by atoms with Gasteiger partial charge in [0.1, 0.15) is 0 Å². The Morgan fingerprint density at radius 1 is 1.08 bits per heavy atom. The fourth-order valence-corrected chi connectivity index (χ4v) is 5.32. The van der Waals surface area contributed by atoms with Crippen LogP contribution in [-0.2, 0) is 11.8 Å². The lowest BCUT2D eigenvalue weighted by Gasteiger charge is -2.50. The second-order valence-electron chi connectivity index (χ2n) is 7.94. The zero-order valence-electron chi connectivity index (χ0n) is 15.9. The van der Waals surface area contributed by atoms with Gasteiger partial charge in [-0.3, -0.25) is 4.90 Å². The van der Waals surface area contributed by atoms with Crippen molar-refractivity contribution in [2.75, 3.05) is 20.7 Å². The van der Waals surface area contributed by atoms with Crippen molar-refractivity contribution in [3.63, 3.8) is 0 Å². The Morgan fingerprint density at radius 3 is 2.50 bits per heavy atom. The van der Waals surface area contributed by atoms with E-state index in [4.69, 9.17) is 4.74 Å². The summed E-state index contributed by atoms with van der Waals surface area (Å²) in [7, 11) is 3.87. The third-order valence-electron chi connectivity index (χ3n) is 6.53. The molecule has 0 bridgehead atoms. The van der Waals surface area contributed by atoms with Gasteiger partial charge < -0.3 is 9.84 Å². The number of ether oxygens (including phenoxy) is 1. The molecule has 1 N–H and O–H groups in total. The van der Waals surface area contributed by atoms with Gasteiger partial charge in [0.2, 0.25) is 0 Å². The van der Waals surface area contributed by atoms with E-state index in [2.05, 4.69) is 42.3 Å². The second kappa shape index (κ2) is 6.96. The van der Waals surface area contributed by atoms with E-state index in [0.717, 1.165) is 13.0 Å². The van der Waals surface area contributed by atoms with Gasteiger partial charge in [0.05, 0.1) is 7.11 Å². The van der Waals surface area contributed by atoms with Gasteiger partial charge in [-0.15, -0.1) is 0 Å². The molecule has 1 unspecified atom stereocenters. The first-order chi connectivity index (χ1) is 12.7. The molecule has 1 saturated carbocycles. The SMILES string of the molecule is COc1cc2c(cc1O)C(C1(c3ccccc3)CCCCC1)N(C)CC2. The molecular formula is C23H29NO2. The Labute approximate surface area is 156 Å². The van der Waals surface area contributed by atoms with Gasteiger partial charge in [-0.05, 0) is 55.1 Å². The molecule has 3 heteroatoms. The van der Waals surface area contributed by atoms with Crippen molar-refractivity contribution in [1.82, 2.24) is 4.90 Å². The van der Waals surface area contributed by atoms with Gasteiger partial charge in [-0.2, -0.15) is 0 Å². The Bertz CT molecular complexity index is 765. The molecule has 0 spiro atoms. The molecule has 1 aliphatic carbocycles. The quantitative estimate of drug-likeness (QED) is 0.859. The fourth-order valence-electron chi connectivity index (χ4n) is 5.32. The number of aromatic hydroxyl groups is 1. The number of phenolic OH excluding ortho intramolecular Hbond substituents is 1. The Balaban J connectivity index is 1.88. The molecule has 0 aromatic heterocycles. The highest BCUT2D eigenvalue weighted by atomic mass is 16.5. The molecule has 2 aliphatic rings. The number of hydrogen-bond acceptors (Lipinski definition) is 3. The highest BCUT2D eigenvalue weighted by Crippen LogP contribution is 2.53. The molecule has 0 saturated heterocycles. The third-order valence-corrected chi connectivity index (χ3v) is 6.53. The number of benzene rings is 2. The highest BCUT2D eigenvalue weighted by Gasteiger charge is 2.46. The average molecular weight is 351 g/mol. The summed E-state index contributed by atoms with van der Waals surface area (Å²) in [5.41, 5.74) is 4.16. The molecule has 4 rings (SSSR count). The van der Waals surface area contributed by atoms with Crippen LogP contribution < -0.4 is 4.74 Å². The first-order valence-corrected chi connectivity index (χ1v) is 9.81. The van der Waals surface area contributed by atoms with Crippen LogP contribution in [0.15, 0.2) is 42.5 Å². The molecule has 2 aromatic rings. The van der Waals surface area contributed by atoms with Crippen LogP contribution in [0.2, 0.25) is 0 Å². The lowest BCUT2D eigenvalue weighted by Crippen LogP contribution is -2.47. The number of hydrogen-bond donors (Lipinski definition) is 1. The molecular weight excluding hydrogens is 322 g/mol. The van der Waals surface area contributed by atoms with E-state index in [9.17, 15) is 5.11 Å². The van der Waals surface area contributed by atoms with Crippen molar-refractivity contribution in [2.24, 2.45) is 0 Å². The van der Waals surface area contributed by atoms with Crippen LogP contribution >= 0.6 is 0 Å². The molecule has 1 fully saturated rings. The lowest BCUT2D eigenvalue weighted by atomic mass is 9.61. The number of likely N-dealkylation sites (N-methyl/N-ethyl adjacent to an activating group) is 1. The van der Waals surface area contributed by atoms with E-state index in [-0.39, 0.29) is 11.2 Å². The van der Waals surface area contributed by atoms with Crippen molar-refractivity contribution in [3.8, 4) is 11.5 Å². The van der Waals surface area contributed by atoms with Crippen LogP contribution in [0.25, 0.3) is 0 Å². The Hall–Kier alpha value is -2.00. The zero-order valence-corrected chi connectivity index (χ0v) is 15.9. The van der Waals surface area contributed by atoms with Crippen molar-refractivity contribution in [2.45, 2.75) is 50.0 Å². The standard InChI is InChI=1S/C23H29NO2/c1-24-14-11-17-15-21(26-2)20(25)16-19(17)22(24)23(12-7-4-8-13-23)18-9-5-3-6-10-18/h3,5-6,9-10,15-16,22,25H,4,7-8,11-14H2,1-2H3. The number of phenols is 1. The third kappa shape index (κ3) is 2.79. The summed E-state index contributed by atoms with van der Waals surface area (Å²) in [6.45, 7) is 1.04. The van der Waals surface area contributed by atoms with E-state index < -0.39 is 0 Å². The maximum absolute atomic E-state index is 10.5. The zero-order chi connectivity index (χ0) is 18.1. The largest absolute Gasteiger partial charge is 0.504 e. The van der Waals surface area contributed by atoms with Gasteiger partial charge in [0, 0.05) is 18.0 Å². The number of methoxy groups -OCH3 is 1. The van der Waals surface area contributed by atoms with Crippen LogP contribution in [0, 0.1) is 0 Å². The lowest BCUT2D eigenvalue weighted by molar-refractivity contribution is 0.0998. The molecule has 2 aromatic carbocycles. The van der Waals surface area contributed by atoms with Crippen LogP contribution in [0.1, 0.15) is 54.8 Å². The van der Waals surface area contributed by atoms with Gasteiger partial charge >= 0.3 is 0 Å². The molecule has 1 aliphatic heterocycles. The highest BCUT2D eigenvalue weighted by molar-refractivity contribution is 5.50. The van der Waals surface area contributed by atoms with E-state index in [0.29, 0.717) is 11.8 Å². The summed E-state index contributed by atoms with van der Waals surface area (Å²) >= 11 is 0. The predicted octanol–water partition coefficient (Wildman–Crippen LogP) is 4.83. The van der Waals surface area contributed by atoms with Crippen molar-refractivity contribution in [1.29, 1.82) is 0 Å². The van der Waals surface area contributed by atoms with Gasteiger partial charge in [-0.25, -0.2) is 0 Å². The van der Waals surface area contributed by atoms with Crippen LogP contribution in [0.5, 0.6) is 11.5 Å². The number of rotatable bonds is 3. The van der Waals surface area contributed by atoms with Crippen molar-refractivity contribution >= 4 is 0 Å². The van der Waals surface area contributed by atoms with Crippen LogP contribution in [0.3, 0.4) is 0 Å². The first kappa shape index (κ1) is 17.4. The molecule has 0 radical (unpaired) electrons. The first-order valence-electron chi connectivity index (χ1n) is 9.81. The van der Waals surface area contributed by atoms with Gasteiger partial charge in [-0.1, -0.05) is 49.6 Å². The van der Waals surface area contributed by atoms with Crippen LogP contribution in [-0.4, -0.2) is 30.7 Å². The summed E-state index contributed by atoms with van der Waals surface area (Å²) < 4.78 is 5.36. The van der Waals surface area contributed by atoms with E-state index in [1.54, 1.807) is 7.11 Å². The molecule has 138 valence electrons.